The number of aliphatic hydroxyl groups is 8. The Morgan fingerprint density at radius 2 is 0.576 bits per heavy atom. The summed E-state index contributed by atoms with van der Waals surface area (Å²) in [5.41, 5.74) is 26.5. The molecule has 20 N–H and O–H groups in total. The van der Waals surface area contributed by atoms with Crippen LogP contribution in [-0.2, 0) is 57.1 Å². The zero-order valence-electron chi connectivity index (χ0n) is 81.2. The summed E-state index contributed by atoms with van der Waals surface area (Å²) in [4.78, 5) is 154. The van der Waals surface area contributed by atoms with Gasteiger partial charge in [-0.05, 0) is 139 Å². The Morgan fingerprint density at radius 1 is 0.354 bits per heavy atom. The average molecular weight is 2010 g/mol. The number of aliphatic hydroxyl groups excluding tert-OH is 8. The Hall–Kier alpha value is -13.9. The molecule has 0 saturated carbocycles. The van der Waals surface area contributed by atoms with Crippen LogP contribution in [0.1, 0.15) is 174 Å². The first kappa shape index (κ1) is 107. The molecule has 0 aromatic carbocycles. The molecule has 0 aliphatic carbocycles. The van der Waals surface area contributed by atoms with Gasteiger partial charge in [-0.2, -0.15) is 0 Å². The van der Waals surface area contributed by atoms with Crippen molar-refractivity contribution in [1.29, 1.82) is 0 Å². The van der Waals surface area contributed by atoms with Crippen molar-refractivity contribution in [2.45, 2.75) is 224 Å². The molecule has 8 aliphatic rings. The zero-order chi connectivity index (χ0) is 103. The number of anilines is 4. The Labute approximate surface area is 826 Å². The molecule has 4 unspecified atom stereocenters. The summed E-state index contributed by atoms with van der Waals surface area (Å²) in [5.74, 6) is 24.8. The molecule has 8 aromatic heterocycles. The number of piperidine rings is 4. The number of aromatic nitrogens is 16. The fraction of sp³-hybridized carbons (Fsp3) is 0.609. The number of nitrogen functional groups attached to an aromatic ring is 4. The highest BCUT2D eigenvalue weighted by atomic mass is 16.6. The number of ether oxygens (including phenoxy) is 8. The van der Waals surface area contributed by atoms with Crippen LogP contribution in [-0.4, -0.2) is 366 Å². The van der Waals surface area contributed by atoms with Gasteiger partial charge in [-0.1, -0.05) is 37.5 Å². The topological polar surface area (TPSA) is 712 Å². The number of nitrogens with one attached hydrogen (secondary N) is 4. The third kappa shape index (κ3) is 25.3. The van der Waals surface area contributed by atoms with Crippen LogP contribution in [0.4, 0.5) is 42.4 Å². The van der Waals surface area contributed by atoms with Gasteiger partial charge in [0, 0.05) is 104 Å². The molecular formula is C92H124N28O24. The van der Waals surface area contributed by atoms with E-state index in [1.165, 1.54) is 57.8 Å². The Kier molecular flexibility index (Phi) is 36.9. The number of rotatable bonds is 19. The van der Waals surface area contributed by atoms with E-state index in [2.05, 4.69) is 128 Å². The van der Waals surface area contributed by atoms with Crippen molar-refractivity contribution in [1.82, 2.24) is 119 Å². The first-order valence-electron chi connectivity index (χ1n) is 47.8. The minimum Gasteiger partial charge on any atom is -0.453 e. The normalized spacial score (nSPS) is 24.4. The van der Waals surface area contributed by atoms with E-state index in [-0.39, 0.29) is 105 Å². The van der Waals surface area contributed by atoms with Gasteiger partial charge >= 0.3 is 24.4 Å². The minimum absolute atomic E-state index is 0.109. The number of hydrogen-bond donors (Lipinski definition) is 16. The van der Waals surface area contributed by atoms with E-state index < -0.39 is 122 Å². The number of hydrogen-bond acceptors (Lipinski definition) is 40. The molecule has 776 valence electrons. The van der Waals surface area contributed by atoms with Gasteiger partial charge in [-0.3, -0.25) is 37.4 Å². The smallest absolute Gasteiger partial charge is 0.409 e. The van der Waals surface area contributed by atoms with E-state index in [1.54, 1.807) is 54.2 Å². The molecule has 8 saturated heterocycles. The van der Waals surface area contributed by atoms with Crippen LogP contribution in [0.25, 0.3) is 44.7 Å². The molecule has 16 atom stereocenters. The highest BCUT2D eigenvalue weighted by Crippen LogP contribution is 2.39. The molecule has 52 nitrogen and oxygen atoms in total. The number of likely N-dealkylation sites (N-methyl/N-ethyl adjacent to an activating group) is 4. The lowest BCUT2D eigenvalue weighted by Crippen LogP contribution is -2.42. The SMILES string of the molecule is CCNC(=O)[C@H]1O[C@@H](n2cnc3c(N)nc(C#CCC4CCN(C(=O)OC)CC4)nc32)C(O)[C@H]1O.CCNC(=O)[C@H]1O[C@@H](n2cnc3c(N)nc(C#CCC4CCN(C(=O)OC)CC4)nc32)C(O)[C@H]1O.CCNC(=O)[C@H]1O[C@@H](n2cnc3c(N)nc(C#CCC4CCN(C(=O)OCC(C)C)CC4)nc32)C(O)[C@H]1O.CCNC(=O)[C@H]1O[C@@H](n2cnc3c(N)nc(C#CCC4CCN(C(=O)OCC)CC4)nc32)C(O)[C@H]1O. The standard InChI is InChI=1S/C25H35N7O6.C23H31N7O6.2C22H29N7O6/c1-4-27-23(35)20-18(33)19(34)24(38-20)32-13-28-17-21(26)29-16(30-22(17)32)7-5-6-15-8-10-31(11-9-15)25(36)37-12-14(2)3;1-3-25-21(33)18-16(31)17(32)22(36-18)30-12-26-15-19(24)27-14(28-20(15)30)7-5-6-13-8-10-29(11-9-13)23(34)35-4-2;2*1-3-24-20(32)17-15(30)16(31)21(35-17)29-11-25-14-18(23)26-13(27-19(14)29)6-4-5-12-7-9-28(10-8-12)22(33)34-2/h13-15,18-20,24,33-34H,4,6,8-12H2,1-3H3,(H,27,35)(H2,26,29,30);12-13,16-18,22,31-32H,3-4,6,8-11H2,1-2H3,(H,25,33)(H2,24,27,28);2*11-12,15-17,21,30-31H,3,5,7-10H2,1-2H3,(H,24,32)(H2,23,26,27)/t18-,19?,20+,24-;16-,17?,18+,22-;2*15-,16?,17+,21-/m1111/s1. The number of methoxy groups -OCH3 is 2. The van der Waals surface area contributed by atoms with Crippen LogP contribution in [0.3, 0.4) is 0 Å². The van der Waals surface area contributed by atoms with E-state index in [4.69, 9.17) is 60.8 Å². The summed E-state index contributed by atoms with van der Waals surface area (Å²) in [6.45, 7) is 20.0. The lowest BCUT2D eigenvalue weighted by molar-refractivity contribution is -0.138. The highest BCUT2D eigenvalue weighted by molar-refractivity contribution is 5.87. The first-order chi connectivity index (χ1) is 69.2. The number of fused-ring (bicyclic) bond motifs is 4. The van der Waals surface area contributed by atoms with Crippen molar-refractivity contribution in [3.05, 3.63) is 48.6 Å². The van der Waals surface area contributed by atoms with Crippen LogP contribution in [0.2, 0.25) is 0 Å². The molecule has 8 aliphatic heterocycles. The monoisotopic (exact) mass is 2000 g/mol. The van der Waals surface area contributed by atoms with Gasteiger partial charge < -0.3 is 143 Å². The van der Waals surface area contributed by atoms with E-state index in [0.29, 0.717) is 158 Å². The van der Waals surface area contributed by atoms with Gasteiger partial charge in [0.1, 0.15) is 70.9 Å². The summed E-state index contributed by atoms with van der Waals surface area (Å²) in [6, 6.07) is 0. The van der Waals surface area contributed by atoms with Crippen LogP contribution >= 0.6 is 0 Å². The summed E-state index contributed by atoms with van der Waals surface area (Å²) in [5, 5.41) is 93.8. The van der Waals surface area contributed by atoms with Gasteiger partial charge in [0.25, 0.3) is 23.6 Å². The molecular weight excluding hydrogens is 1880 g/mol. The Bertz CT molecular complexity index is 5960. The Morgan fingerprint density at radius 3 is 0.785 bits per heavy atom. The summed E-state index contributed by atoms with van der Waals surface area (Å²) in [6.07, 6.45) is -7.27. The largest absolute Gasteiger partial charge is 0.453 e. The van der Waals surface area contributed by atoms with E-state index in [0.717, 1.165) is 51.4 Å². The fourth-order valence-electron chi connectivity index (χ4n) is 17.4. The van der Waals surface area contributed by atoms with Crippen LogP contribution < -0.4 is 44.2 Å². The van der Waals surface area contributed by atoms with Crippen molar-refractivity contribution in [2.75, 3.05) is 129 Å². The molecule has 8 aromatic rings. The molecule has 0 radical (unpaired) electrons. The lowest BCUT2D eigenvalue weighted by atomic mass is 9.94. The summed E-state index contributed by atoms with van der Waals surface area (Å²) in [7, 11) is 2.75. The molecule has 0 spiro atoms. The van der Waals surface area contributed by atoms with Crippen molar-refractivity contribution >= 4 is 116 Å². The fourth-order valence-corrected chi connectivity index (χ4v) is 17.4. The maximum absolute atomic E-state index is 12.2. The van der Waals surface area contributed by atoms with Crippen molar-refractivity contribution in [3.8, 4) is 47.4 Å². The maximum atomic E-state index is 12.2. The maximum Gasteiger partial charge on any atom is 0.409 e. The molecule has 144 heavy (non-hydrogen) atoms. The second-order valence-electron chi connectivity index (χ2n) is 35.7. The van der Waals surface area contributed by atoms with Gasteiger partial charge in [-0.25, -0.2) is 79.0 Å². The third-order valence-corrected chi connectivity index (χ3v) is 25.3. The van der Waals surface area contributed by atoms with E-state index in [1.807, 2.05) is 13.8 Å². The van der Waals surface area contributed by atoms with Gasteiger partial charge in [0.15, 0.2) is 95.2 Å². The second-order valence-corrected chi connectivity index (χ2v) is 35.7. The number of amides is 8. The molecule has 8 amide bonds. The Balaban J connectivity index is 0.000000161. The molecule has 52 heteroatoms. The molecule has 16 rings (SSSR count). The number of carbonyl (C=O) groups is 8. The predicted octanol–water partition coefficient (Wildman–Crippen LogP) is -1.05. The van der Waals surface area contributed by atoms with Crippen LogP contribution in [0.15, 0.2) is 25.3 Å². The van der Waals surface area contributed by atoms with E-state index >= 15 is 0 Å². The molecule has 8 fully saturated rings. The lowest BCUT2D eigenvalue weighted by Gasteiger charge is -2.30. The summed E-state index contributed by atoms with van der Waals surface area (Å²) < 4.78 is 48.2. The van der Waals surface area contributed by atoms with Gasteiger partial charge in [0.2, 0.25) is 23.3 Å². The van der Waals surface area contributed by atoms with Crippen LogP contribution in [0, 0.1) is 77.0 Å². The molecule has 0 bridgehead atoms. The van der Waals surface area contributed by atoms with Crippen molar-refractivity contribution in [3.63, 3.8) is 0 Å². The number of carbonyl (C=O) groups excluding carboxylic acids is 8. The van der Waals surface area contributed by atoms with E-state index in [9.17, 15) is 79.2 Å². The van der Waals surface area contributed by atoms with Crippen LogP contribution in [0.5, 0.6) is 0 Å². The first-order valence-corrected chi connectivity index (χ1v) is 47.8. The predicted molar refractivity (Wildman–Crippen MR) is 509 cm³/mol. The quantitative estimate of drug-likeness (QED) is 0.0339. The highest BCUT2D eigenvalue weighted by Gasteiger charge is 2.52. The third-order valence-electron chi connectivity index (χ3n) is 25.3. The minimum atomic E-state index is -1.43. The zero-order valence-corrected chi connectivity index (χ0v) is 81.2. The van der Waals surface area contributed by atoms with Crippen molar-refractivity contribution < 1.29 is 117 Å². The molecule has 16 heterocycles. The van der Waals surface area contributed by atoms with Crippen molar-refractivity contribution in [2.24, 2.45) is 29.6 Å². The number of nitrogens with two attached hydrogens (primary N) is 4. The number of likely N-dealkylation sites (tertiary alicyclic amines) is 4. The number of nitrogens with zero attached hydrogens (tertiary/aromatic N) is 20. The average Bonchev–Trinajstić information content (AvgIpc) is 1.63. The second kappa shape index (κ2) is 49.4. The summed E-state index contributed by atoms with van der Waals surface area (Å²) >= 11 is 0. The van der Waals surface area contributed by atoms with Gasteiger partial charge in [0.05, 0.1) is 52.7 Å². The van der Waals surface area contributed by atoms with Gasteiger partial charge in [-0.15, -0.1) is 0 Å². The number of imidazole rings is 4.